The van der Waals surface area contributed by atoms with Crippen LogP contribution >= 0.6 is 30.8 Å². The van der Waals surface area contributed by atoms with E-state index in [1.807, 2.05) is 0 Å². The maximum absolute atomic E-state index is 14.1. The number of carbonyl (C=O) groups excluding carboxylic acids is 7. The fraction of sp³-hybridized carbons (Fsp3) is 0.905. The van der Waals surface area contributed by atoms with Crippen molar-refractivity contribution in [2.75, 3.05) is 159 Å². The average molecular weight is 2230 g/mol. The van der Waals surface area contributed by atoms with Crippen molar-refractivity contribution < 1.29 is 206 Å². The summed E-state index contributed by atoms with van der Waals surface area (Å²) < 4.78 is 158. The molecule has 0 aromatic carbocycles. The molecule has 0 aromatic heterocycles. The average Bonchev–Trinajstić information content (AvgIpc) is 1.62. The van der Waals surface area contributed by atoms with E-state index in [9.17, 15) is 118 Å². The number of aliphatic hydroxyl groups excluding tert-OH is 10. The summed E-state index contributed by atoms with van der Waals surface area (Å²) in [5.41, 5.74) is 2.03. The number of phosphoric acid groups is 2. The summed E-state index contributed by atoms with van der Waals surface area (Å²) in [5.74, 6) is 0.779. The molecule has 7 rings (SSSR count). The van der Waals surface area contributed by atoms with Gasteiger partial charge in [0.05, 0.1) is 137 Å². The minimum atomic E-state index is -5.39. The van der Waals surface area contributed by atoms with Crippen LogP contribution in [0.5, 0.6) is 0 Å². The van der Waals surface area contributed by atoms with Gasteiger partial charge in [0.25, 0.3) is 0 Å². The van der Waals surface area contributed by atoms with Gasteiger partial charge in [0.15, 0.2) is 18.9 Å². The number of phosphoric ester groups is 2. The Morgan fingerprint density at radius 2 is 0.839 bits per heavy atom. The first-order chi connectivity index (χ1) is 70.7. The second-order valence-corrected chi connectivity index (χ2v) is 47.8. The van der Waals surface area contributed by atoms with Crippen molar-refractivity contribution in [1.82, 2.24) is 37.2 Å². The zero-order valence-electron chi connectivity index (χ0n) is 87.9. The van der Waals surface area contributed by atoms with Crippen LogP contribution in [-0.4, -0.2) is 389 Å². The van der Waals surface area contributed by atoms with Gasteiger partial charge in [-0.3, -0.25) is 56.0 Å². The van der Waals surface area contributed by atoms with E-state index in [4.69, 9.17) is 83.8 Å². The predicted octanol–water partition coefficient (Wildman–Crippen LogP) is 4.19. The molecule has 7 amide bonds. The van der Waals surface area contributed by atoms with E-state index in [1.165, 1.54) is 71.3 Å². The Labute approximate surface area is 873 Å². The van der Waals surface area contributed by atoms with E-state index in [1.54, 1.807) is 0 Å². The van der Waals surface area contributed by atoms with Gasteiger partial charge < -0.3 is 164 Å². The minimum absolute atomic E-state index is 0.0000796. The van der Waals surface area contributed by atoms with Crippen LogP contribution in [0.1, 0.15) is 222 Å². The van der Waals surface area contributed by atoms with Gasteiger partial charge in [-0.15, -0.1) is 0 Å². The van der Waals surface area contributed by atoms with Crippen molar-refractivity contribution in [2.24, 2.45) is 46.3 Å². The first-order valence-electron chi connectivity index (χ1n) is 52.4. The molecule has 0 radical (unpaired) electrons. The summed E-state index contributed by atoms with van der Waals surface area (Å²) >= 11 is 0. The number of nitrogens with one attached hydrogen (secondary N) is 7. The number of aliphatic hydroxyl groups is 10. The van der Waals surface area contributed by atoms with Crippen LogP contribution in [0.25, 0.3) is 0 Å². The molecule has 7 aliphatic rings. The third kappa shape index (κ3) is 46.2. The van der Waals surface area contributed by atoms with Crippen LogP contribution in [0.3, 0.4) is 0 Å². The Morgan fingerprint density at radius 1 is 0.450 bits per heavy atom. The summed E-state index contributed by atoms with van der Waals surface area (Å²) in [4.78, 5) is 112. The van der Waals surface area contributed by atoms with Crippen LogP contribution in [0.4, 0.5) is 4.79 Å². The highest BCUT2D eigenvalue weighted by molar-refractivity contribution is 7.53. The maximum atomic E-state index is 14.1. The highest BCUT2D eigenvalue weighted by atomic mass is 31.2. The van der Waals surface area contributed by atoms with Crippen LogP contribution in [0.15, 0.2) is 11.6 Å². The lowest BCUT2D eigenvalue weighted by molar-refractivity contribution is -0.270. The lowest BCUT2D eigenvalue weighted by Gasteiger charge is -2.58. The molecule has 866 valence electrons. The molecule has 0 spiro atoms. The molecule has 3 saturated carbocycles. The second kappa shape index (κ2) is 67.0. The number of rotatable bonds is 75. The topological polar surface area (TPSA) is 710 Å². The smallest absolute Gasteiger partial charge is 0.446 e. The molecule has 4 aliphatic carbocycles. The van der Waals surface area contributed by atoms with Crippen LogP contribution in [0.2, 0.25) is 0 Å². The third-order valence-electron chi connectivity index (χ3n) is 28.5. The highest BCUT2D eigenvalue weighted by Gasteiger charge is 2.60. The maximum Gasteiger partial charge on any atom is 0.472 e. The number of amides is 7. The molecule has 54 heteroatoms. The van der Waals surface area contributed by atoms with E-state index in [0.717, 1.165) is 68.6 Å². The fourth-order valence-electron chi connectivity index (χ4n) is 20.6. The minimum Gasteiger partial charge on any atom is -0.446 e. The lowest BCUT2D eigenvalue weighted by atomic mass is 9.47. The van der Waals surface area contributed by atoms with Crippen LogP contribution in [0, 0.1) is 46.3 Å². The summed E-state index contributed by atoms with van der Waals surface area (Å²) in [6.45, 7) is 10.8. The number of fused-ring (bicyclic) bond motifs is 5. The van der Waals surface area contributed by atoms with Gasteiger partial charge >= 0.3 is 36.9 Å². The summed E-state index contributed by atoms with van der Waals surface area (Å²) in [6, 6.07) is -7.87. The molecular formula is C95H173N7O43P4. The van der Waals surface area contributed by atoms with Gasteiger partial charge in [0.2, 0.25) is 35.4 Å². The Morgan fingerprint density at radius 3 is 1.24 bits per heavy atom. The van der Waals surface area contributed by atoms with Crippen molar-refractivity contribution in [3.05, 3.63) is 11.6 Å². The molecule has 31 atom stereocenters. The summed E-state index contributed by atoms with van der Waals surface area (Å²) in [6.07, 6.45) is 0.550. The van der Waals surface area contributed by atoms with Gasteiger partial charge in [0, 0.05) is 86.1 Å². The third-order valence-corrected chi connectivity index (χ3v) is 32.5. The van der Waals surface area contributed by atoms with Gasteiger partial charge in [-0.25, -0.2) is 19.2 Å². The SMILES string of the molecule is CC(=O)NC1C(OCCCCCCC(=O)NC(COP(C)(=O)OO)COP(C)(=O)OCC(COP(=O)(O)OCC(COP(=O)(O)OCC(O)COCCOCCOCCOCCNC(=O)OC2CC[C@@]3(C)C(=CC[C@H]4[C@H]5CC[C@H]([C@H](C)CCCC(C)C)[C@@]5(C)CC[C@H]43)C2)NC(=O)CCCCCCOC2OC(CO)C(O)C(O)C2NC(C)=O)NC(=O)CCCCCCOC2OC(CO)C(O)C(O)C2NC(C)=O)OC(CO)C(O)C1O. The Hall–Kier alpha value is -4.49. The first kappa shape index (κ1) is 131. The molecule has 3 heterocycles. The van der Waals surface area contributed by atoms with Crippen molar-refractivity contribution in [3.8, 4) is 0 Å². The largest absolute Gasteiger partial charge is 0.472 e. The number of hydrogen-bond donors (Lipinski definition) is 20. The Bertz CT molecular complexity index is 4190. The molecular weight excluding hydrogens is 2050 g/mol. The molecule has 0 aromatic rings. The second-order valence-electron chi connectivity index (χ2n) is 40.9. The summed E-state index contributed by atoms with van der Waals surface area (Å²) in [5, 5.41) is 130. The van der Waals surface area contributed by atoms with E-state index in [2.05, 4.69) is 82.6 Å². The standard InChI is InChI=1S/C95H173N7O43P4/c1-60(2)24-23-25-61(3)72-31-32-73-71-30-29-65-48-70(33-35-94(65,7)74(71)34-36-95(72,73)8)141-93(119)96-37-41-127-42-43-128-44-45-129-46-47-130-58-69(109)59-140-149(125,126)139-57-68(102-80(112)28-19-13-16-22-40-133-92-83(99-64(6)108)89(118)86(115)77(51-105)144-92)56-138-148(123,124)137-55-67(101-79(111)27-18-12-15-21-39-132-91-82(98-63(5)107)88(117)85(114)76(50-104)143-91)53-135-146(9,121)134-52-66(54-136-147(10,122)145-120)100-78(110)26-17-11-14-20-38-131-90-81(97-62(4)106)87(116)84(113)75(49-103)142-90/h29,60-61,66-77,81-92,103-105,109,113-118,120H,11-28,30-59H2,1-10H3,(H,96,119)(H,97,106)(H,98,107)(H,99,108)(H,100,110)(H,101,111)(H,102,112)(H,123,124)(H,125,126)/t61-,66?,67?,68?,69?,70?,71+,72-,73-,74-,75?,76?,77?,81?,82?,83?,84?,85?,86?,87?,88?,89?,90?,91?,92?,94+,95-,146?,147?/m1/s1. The number of hydrogen-bond acceptors (Lipinski definition) is 41. The van der Waals surface area contributed by atoms with Gasteiger partial charge in [0.1, 0.15) is 85.3 Å². The zero-order valence-corrected chi connectivity index (χ0v) is 91.5. The molecule has 20 N–H and O–H groups in total. The normalized spacial score (nSPS) is 30.1. The molecule has 50 nitrogen and oxygen atoms in total. The van der Waals surface area contributed by atoms with Crippen molar-refractivity contribution in [2.45, 2.75) is 345 Å². The monoisotopic (exact) mass is 2220 g/mol. The number of alkyl carbamates (subject to hydrolysis) is 1. The van der Waals surface area contributed by atoms with Crippen molar-refractivity contribution >= 4 is 72.4 Å². The quantitative estimate of drug-likeness (QED) is 0.0133. The van der Waals surface area contributed by atoms with E-state index in [0.29, 0.717) is 69.1 Å². The Kier molecular flexibility index (Phi) is 59.1. The molecule has 3 aliphatic heterocycles. The fourth-order valence-corrected chi connectivity index (χ4v) is 23.7. The molecule has 0 bridgehead atoms. The molecule has 6 fully saturated rings. The molecule has 24 unspecified atom stereocenters. The first-order valence-corrected chi connectivity index (χ1v) is 59.3. The van der Waals surface area contributed by atoms with Gasteiger partial charge in [-0.1, -0.05) is 104 Å². The highest BCUT2D eigenvalue weighted by Crippen LogP contribution is 2.68. The number of unbranched alkanes of at least 4 members (excludes halogenated alkanes) is 9. The molecule has 149 heavy (non-hydrogen) atoms. The lowest BCUT2D eigenvalue weighted by Crippen LogP contribution is -2.64. The van der Waals surface area contributed by atoms with E-state index in [-0.39, 0.29) is 123 Å². The van der Waals surface area contributed by atoms with Gasteiger partial charge in [-0.2, -0.15) is 4.67 Å². The van der Waals surface area contributed by atoms with Gasteiger partial charge in [-0.05, 0) is 130 Å². The van der Waals surface area contributed by atoms with Crippen molar-refractivity contribution in [3.63, 3.8) is 0 Å². The molecule has 3 saturated heterocycles. The number of carbonyl (C=O) groups is 7. The Balaban J connectivity index is 0.873. The van der Waals surface area contributed by atoms with Crippen molar-refractivity contribution in [1.29, 1.82) is 0 Å². The van der Waals surface area contributed by atoms with E-state index < -0.39 is 261 Å². The zero-order chi connectivity index (χ0) is 110. The van der Waals surface area contributed by atoms with E-state index >= 15 is 0 Å². The predicted molar refractivity (Wildman–Crippen MR) is 532 cm³/mol. The van der Waals surface area contributed by atoms with Crippen LogP contribution < -0.4 is 37.2 Å². The number of allylic oxidation sites excluding steroid dienone is 1. The number of ether oxygens (including phenoxy) is 11. The van der Waals surface area contributed by atoms with Crippen LogP contribution in [-0.2, 0) is 135 Å². The summed E-state index contributed by atoms with van der Waals surface area (Å²) in [7, 11) is -19.1.